The SMILES string of the molecule is CCc1ccc(N2CC(c3nnc(NC(=O)c4cccc(Br)c4)s3)CC2=O)cc1. The molecule has 29 heavy (non-hydrogen) atoms. The van der Waals surface area contributed by atoms with Gasteiger partial charge in [-0.05, 0) is 42.3 Å². The van der Waals surface area contributed by atoms with Crippen molar-refractivity contribution in [3.63, 3.8) is 0 Å². The van der Waals surface area contributed by atoms with E-state index < -0.39 is 0 Å². The Balaban J connectivity index is 1.44. The van der Waals surface area contributed by atoms with Crippen LogP contribution in [0.4, 0.5) is 10.8 Å². The molecule has 148 valence electrons. The molecular weight excluding hydrogens is 452 g/mol. The number of nitrogens with one attached hydrogen (secondary N) is 1. The Hall–Kier alpha value is -2.58. The summed E-state index contributed by atoms with van der Waals surface area (Å²) in [6.07, 6.45) is 1.36. The lowest BCUT2D eigenvalue weighted by Crippen LogP contribution is -2.24. The van der Waals surface area contributed by atoms with Crippen molar-refractivity contribution in [3.8, 4) is 0 Å². The summed E-state index contributed by atoms with van der Waals surface area (Å²) >= 11 is 4.68. The van der Waals surface area contributed by atoms with Crippen LogP contribution in [0.1, 0.15) is 40.2 Å². The average Bonchev–Trinajstić information content (AvgIpc) is 3.34. The van der Waals surface area contributed by atoms with Crippen LogP contribution in [0.25, 0.3) is 0 Å². The van der Waals surface area contributed by atoms with Crippen molar-refractivity contribution >= 4 is 49.9 Å². The van der Waals surface area contributed by atoms with E-state index in [0.29, 0.717) is 23.7 Å². The summed E-state index contributed by atoms with van der Waals surface area (Å²) in [6.45, 7) is 2.67. The molecule has 0 saturated carbocycles. The predicted molar refractivity (Wildman–Crippen MR) is 118 cm³/mol. The number of hydrogen-bond donors (Lipinski definition) is 1. The first-order chi connectivity index (χ1) is 14.0. The standard InChI is InChI=1S/C21H19BrN4O2S/c1-2-13-6-8-17(9-7-13)26-12-15(11-18(26)27)20-24-25-21(29-20)23-19(28)14-4-3-5-16(22)10-14/h3-10,15H,2,11-12H2,1H3,(H,23,25,28). The molecule has 1 N–H and O–H groups in total. The molecule has 1 aromatic heterocycles. The van der Waals surface area contributed by atoms with Gasteiger partial charge in [0.05, 0.1) is 0 Å². The topological polar surface area (TPSA) is 75.2 Å². The summed E-state index contributed by atoms with van der Waals surface area (Å²) in [5.74, 6) is -0.189. The minimum Gasteiger partial charge on any atom is -0.312 e. The number of rotatable bonds is 5. The number of carbonyl (C=O) groups excluding carboxylic acids is 2. The third kappa shape index (κ3) is 4.38. The molecule has 4 rings (SSSR count). The highest BCUT2D eigenvalue weighted by Gasteiger charge is 2.34. The van der Waals surface area contributed by atoms with Gasteiger partial charge in [0.2, 0.25) is 11.0 Å². The molecule has 6 nitrogen and oxygen atoms in total. The smallest absolute Gasteiger partial charge is 0.257 e. The van der Waals surface area contributed by atoms with Gasteiger partial charge in [-0.15, -0.1) is 10.2 Å². The molecule has 1 atom stereocenters. The van der Waals surface area contributed by atoms with Crippen molar-refractivity contribution in [2.75, 3.05) is 16.8 Å². The van der Waals surface area contributed by atoms with Crippen LogP contribution < -0.4 is 10.2 Å². The zero-order valence-electron chi connectivity index (χ0n) is 15.8. The second-order valence-electron chi connectivity index (χ2n) is 6.84. The minimum atomic E-state index is -0.242. The van der Waals surface area contributed by atoms with Crippen LogP contribution in [0.3, 0.4) is 0 Å². The highest BCUT2D eigenvalue weighted by molar-refractivity contribution is 9.10. The van der Waals surface area contributed by atoms with Crippen molar-refractivity contribution in [1.29, 1.82) is 0 Å². The van der Waals surface area contributed by atoms with Crippen molar-refractivity contribution in [1.82, 2.24) is 10.2 Å². The van der Waals surface area contributed by atoms with Crippen LogP contribution in [0.15, 0.2) is 53.0 Å². The van der Waals surface area contributed by atoms with Crippen LogP contribution in [0, 0.1) is 0 Å². The summed E-state index contributed by atoms with van der Waals surface area (Å²) in [5.41, 5.74) is 2.68. The van der Waals surface area contributed by atoms with E-state index in [2.05, 4.69) is 50.5 Å². The first kappa shape index (κ1) is 19.7. The Morgan fingerprint density at radius 1 is 1.24 bits per heavy atom. The van der Waals surface area contributed by atoms with E-state index in [0.717, 1.165) is 21.6 Å². The van der Waals surface area contributed by atoms with E-state index in [4.69, 9.17) is 0 Å². The molecule has 2 amide bonds. The maximum Gasteiger partial charge on any atom is 0.257 e. The zero-order chi connectivity index (χ0) is 20.4. The molecule has 0 radical (unpaired) electrons. The molecule has 3 aromatic rings. The quantitative estimate of drug-likeness (QED) is 0.589. The number of nitrogens with zero attached hydrogens (tertiary/aromatic N) is 3. The van der Waals surface area contributed by atoms with Crippen LogP contribution in [-0.4, -0.2) is 28.6 Å². The number of aromatic nitrogens is 2. The highest BCUT2D eigenvalue weighted by Crippen LogP contribution is 2.34. The molecule has 0 bridgehead atoms. The Bertz CT molecular complexity index is 1050. The lowest BCUT2D eigenvalue weighted by Gasteiger charge is -2.16. The van der Waals surface area contributed by atoms with Gasteiger partial charge in [0.1, 0.15) is 5.01 Å². The summed E-state index contributed by atoms with van der Waals surface area (Å²) in [5, 5.41) is 12.3. The third-order valence-electron chi connectivity index (χ3n) is 4.88. The molecule has 1 fully saturated rings. The molecule has 2 heterocycles. The maximum absolute atomic E-state index is 12.5. The predicted octanol–water partition coefficient (Wildman–Crippen LogP) is 4.64. The van der Waals surface area contributed by atoms with Gasteiger partial charge in [-0.3, -0.25) is 14.9 Å². The van der Waals surface area contributed by atoms with Crippen molar-refractivity contribution in [2.45, 2.75) is 25.7 Å². The first-order valence-corrected chi connectivity index (χ1v) is 10.9. The normalized spacial score (nSPS) is 16.3. The van der Waals surface area contributed by atoms with Crippen LogP contribution in [0.5, 0.6) is 0 Å². The lowest BCUT2D eigenvalue weighted by atomic mass is 10.1. The van der Waals surface area contributed by atoms with E-state index in [1.807, 2.05) is 18.2 Å². The van der Waals surface area contributed by atoms with E-state index in [1.165, 1.54) is 16.9 Å². The number of aryl methyl sites for hydroxylation is 1. The van der Waals surface area contributed by atoms with Gasteiger partial charge < -0.3 is 4.90 Å². The monoisotopic (exact) mass is 470 g/mol. The fourth-order valence-electron chi connectivity index (χ4n) is 3.28. The zero-order valence-corrected chi connectivity index (χ0v) is 18.2. The Morgan fingerprint density at radius 3 is 2.76 bits per heavy atom. The molecule has 1 aliphatic heterocycles. The largest absolute Gasteiger partial charge is 0.312 e. The average molecular weight is 471 g/mol. The molecule has 0 spiro atoms. The van der Waals surface area contributed by atoms with E-state index in [-0.39, 0.29) is 17.7 Å². The second-order valence-corrected chi connectivity index (χ2v) is 8.76. The van der Waals surface area contributed by atoms with Gasteiger partial charge in [-0.25, -0.2) is 0 Å². The van der Waals surface area contributed by atoms with E-state index in [1.54, 1.807) is 23.1 Å². The summed E-state index contributed by atoms with van der Waals surface area (Å²) in [4.78, 5) is 26.7. The van der Waals surface area contributed by atoms with Gasteiger partial charge >= 0.3 is 0 Å². The van der Waals surface area contributed by atoms with Crippen molar-refractivity contribution in [3.05, 3.63) is 69.1 Å². The molecule has 2 aromatic carbocycles. The van der Waals surface area contributed by atoms with E-state index >= 15 is 0 Å². The molecular formula is C21H19BrN4O2S. The number of benzene rings is 2. The second kappa shape index (κ2) is 8.42. The maximum atomic E-state index is 12.5. The number of carbonyl (C=O) groups is 2. The fraction of sp³-hybridized carbons (Fsp3) is 0.238. The number of anilines is 2. The summed E-state index contributed by atoms with van der Waals surface area (Å²) < 4.78 is 0.833. The summed E-state index contributed by atoms with van der Waals surface area (Å²) in [7, 11) is 0. The van der Waals surface area contributed by atoms with Gasteiger partial charge in [-0.1, -0.05) is 52.4 Å². The summed E-state index contributed by atoms with van der Waals surface area (Å²) in [6, 6.07) is 15.2. The first-order valence-electron chi connectivity index (χ1n) is 9.33. The lowest BCUT2D eigenvalue weighted by molar-refractivity contribution is -0.117. The van der Waals surface area contributed by atoms with Crippen LogP contribution in [0.2, 0.25) is 0 Å². The number of halogens is 1. The van der Waals surface area contributed by atoms with Gasteiger partial charge in [0.15, 0.2) is 0 Å². The highest BCUT2D eigenvalue weighted by atomic mass is 79.9. The van der Waals surface area contributed by atoms with Crippen molar-refractivity contribution < 1.29 is 9.59 Å². The Morgan fingerprint density at radius 2 is 2.03 bits per heavy atom. The number of amides is 2. The molecule has 1 unspecified atom stereocenters. The van der Waals surface area contributed by atoms with Gasteiger partial charge in [0.25, 0.3) is 5.91 Å². The van der Waals surface area contributed by atoms with Gasteiger partial charge in [-0.2, -0.15) is 0 Å². The van der Waals surface area contributed by atoms with Crippen molar-refractivity contribution in [2.24, 2.45) is 0 Å². The molecule has 8 heteroatoms. The van der Waals surface area contributed by atoms with Gasteiger partial charge in [0, 0.05) is 34.6 Å². The number of hydrogen-bond acceptors (Lipinski definition) is 5. The Labute approximate surface area is 181 Å². The molecule has 0 aliphatic carbocycles. The fourth-order valence-corrected chi connectivity index (χ4v) is 4.51. The molecule has 1 saturated heterocycles. The third-order valence-corrected chi connectivity index (χ3v) is 6.37. The van der Waals surface area contributed by atoms with Crippen LogP contribution in [-0.2, 0) is 11.2 Å². The Kier molecular flexibility index (Phi) is 5.73. The van der Waals surface area contributed by atoms with E-state index in [9.17, 15) is 9.59 Å². The minimum absolute atomic E-state index is 0.0256. The molecule has 1 aliphatic rings. The van der Waals surface area contributed by atoms with Crippen LogP contribution >= 0.6 is 27.3 Å².